The zero-order valence-electron chi connectivity index (χ0n) is 17.1. The molecule has 3 rings (SSSR count). The van der Waals surface area contributed by atoms with Crippen LogP contribution in [0.3, 0.4) is 0 Å². The van der Waals surface area contributed by atoms with Gasteiger partial charge < -0.3 is 20.9 Å². The van der Waals surface area contributed by atoms with Crippen molar-refractivity contribution in [3.05, 3.63) is 58.7 Å². The fourth-order valence-corrected chi connectivity index (χ4v) is 4.19. The van der Waals surface area contributed by atoms with E-state index in [1.54, 1.807) is 6.20 Å². The summed E-state index contributed by atoms with van der Waals surface area (Å²) in [4.78, 5) is 15.2. The molecule has 2 heterocycles. The Hall–Kier alpha value is -2.80. The van der Waals surface area contributed by atoms with E-state index < -0.39 is 0 Å². The van der Waals surface area contributed by atoms with Crippen LogP contribution in [0.25, 0.3) is 0 Å². The van der Waals surface area contributed by atoms with Crippen LogP contribution >= 0.6 is 23.1 Å². The molecular weight excluding hydrogens is 414 g/mol. The normalized spacial score (nSPS) is 15.7. The van der Waals surface area contributed by atoms with E-state index in [-0.39, 0.29) is 0 Å². The van der Waals surface area contributed by atoms with E-state index in [9.17, 15) is 0 Å². The van der Waals surface area contributed by atoms with E-state index in [0.29, 0.717) is 15.0 Å². The minimum absolute atomic E-state index is 0.575. The molecule has 0 radical (unpaired) electrons. The first-order valence-corrected chi connectivity index (χ1v) is 11.1. The number of nitrogens with one attached hydrogen (secondary N) is 1. The number of piperazine rings is 1. The van der Waals surface area contributed by atoms with Gasteiger partial charge in [-0.3, -0.25) is 0 Å². The molecule has 0 unspecified atom stereocenters. The van der Waals surface area contributed by atoms with Gasteiger partial charge in [-0.15, -0.1) is 0 Å². The number of nitriles is 1. The predicted molar refractivity (Wildman–Crippen MR) is 127 cm³/mol. The number of hydrogen-bond donors (Lipinski definition) is 2. The van der Waals surface area contributed by atoms with Crippen molar-refractivity contribution in [1.82, 2.24) is 14.8 Å². The number of nitrogens with two attached hydrogens (primary N) is 1. The van der Waals surface area contributed by atoms with Gasteiger partial charge >= 0.3 is 0 Å². The average Bonchev–Trinajstić information content (AvgIpc) is 3.17. The first-order chi connectivity index (χ1) is 14.4. The maximum absolute atomic E-state index is 8.99. The highest BCUT2D eigenvalue weighted by Crippen LogP contribution is 2.27. The van der Waals surface area contributed by atoms with Crippen LogP contribution in [0.2, 0.25) is 0 Å². The van der Waals surface area contributed by atoms with Crippen LogP contribution in [0.4, 0.5) is 10.8 Å². The molecule has 0 amide bonds. The van der Waals surface area contributed by atoms with Crippen LogP contribution in [0.5, 0.6) is 0 Å². The molecule has 9 heteroatoms. The summed E-state index contributed by atoms with van der Waals surface area (Å²) in [6, 6.07) is 9.79. The fraction of sp³-hybridized carbons (Fsp3) is 0.286. The second-order valence-corrected chi connectivity index (χ2v) is 9.10. The number of allylic oxidation sites excluding steroid dienone is 1. The number of likely N-dealkylation sites (N-methyl/N-ethyl adjacent to an activating group) is 1. The lowest BCUT2D eigenvalue weighted by molar-refractivity contribution is 0.216. The van der Waals surface area contributed by atoms with Crippen molar-refractivity contribution in [2.24, 2.45) is 4.99 Å². The molecule has 0 aliphatic carbocycles. The van der Waals surface area contributed by atoms with Gasteiger partial charge in [-0.25, -0.2) is 9.98 Å². The number of benzene rings is 1. The Morgan fingerprint density at radius 3 is 2.67 bits per heavy atom. The number of rotatable bonds is 6. The largest absolute Gasteiger partial charge is 0.399 e. The molecule has 0 spiro atoms. The van der Waals surface area contributed by atoms with Gasteiger partial charge in [-0.1, -0.05) is 29.7 Å². The third kappa shape index (κ3) is 6.35. The highest BCUT2D eigenvalue weighted by Gasteiger charge is 2.17. The topological polar surface area (TPSA) is 93.6 Å². The molecule has 30 heavy (non-hydrogen) atoms. The SMILES string of the molecule is C=C(/N=C(\C=C(/C)Nc1ncc(C#N)s1)N1CCN(C)CC1)Sc1ccc(N)cc1. The van der Waals surface area contributed by atoms with Gasteiger partial charge in [0.1, 0.15) is 16.8 Å². The number of amidine groups is 1. The van der Waals surface area contributed by atoms with Gasteiger partial charge in [-0.2, -0.15) is 5.26 Å². The summed E-state index contributed by atoms with van der Waals surface area (Å²) < 4.78 is 0. The number of aliphatic imine (C=N–C) groups is 1. The number of thiazole rings is 1. The summed E-state index contributed by atoms with van der Waals surface area (Å²) in [5.74, 6) is 0.859. The molecule has 3 N–H and O–H groups in total. The van der Waals surface area contributed by atoms with E-state index in [1.165, 1.54) is 23.1 Å². The van der Waals surface area contributed by atoms with Crippen molar-refractivity contribution in [2.45, 2.75) is 11.8 Å². The predicted octanol–water partition coefficient (Wildman–Crippen LogP) is 3.82. The van der Waals surface area contributed by atoms with Crippen LogP contribution < -0.4 is 11.1 Å². The molecule has 156 valence electrons. The third-order valence-corrected chi connectivity index (χ3v) is 6.10. The quantitative estimate of drug-likeness (QED) is 0.306. The van der Waals surface area contributed by atoms with E-state index in [4.69, 9.17) is 16.0 Å². The smallest absolute Gasteiger partial charge is 0.188 e. The molecule has 1 aromatic heterocycles. The average molecular weight is 440 g/mol. The van der Waals surface area contributed by atoms with Gasteiger partial charge in [0, 0.05) is 42.5 Å². The summed E-state index contributed by atoms with van der Waals surface area (Å²) in [5, 5.41) is 13.6. The van der Waals surface area contributed by atoms with Gasteiger partial charge in [0.2, 0.25) is 0 Å². The Labute approximate surface area is 185 Å². The van der Waals surface area contributed by atoms with Gasteiger partial charge in [-0.05, 0) is 44.3 Å². The zero-order chi connectivity index (χ0) is 21.5. The van der Waals surface area contributed by atoms with E-state index in [1.807, 2.05) is 37.3 Å². The summed E-state index contributed by atoms with van der Waals surface area (Å²) >= 11 is 2.84. The molecule has 0 atom stereocenters. The maximum atomic E-state index is 8.99. The van der Waals surface area contributed by atoms with Crippen molar-refractivity contribution < 1.29 is 0 Å². The van der Waals surface area contributed by atoms with Gasteiger partial charge in [0.05, 0.1) is 11.2 Å². The Bertz CT molecular complexity index is 978. The number of nitrogen functional groups attached to an aromatic ring is 1. The summed E-state index contributed by atoms with van der Waals surface area (Å²) in [6.07, 6.45) is 3.58. The second-order valence-electron chi connectivity index (χ2n) is 6.92. The number of thioether (sulfide) groups is 1. The Morgan fingerprint density at radius 1 is 1.33 bits per heavy atom. The van der Waals surface area contributed by atoms with Crippen molar-refractivity contribution in [1.29, 1.82) is 5.26 Å². The van der Waals surface area contributed by atoms with E-state index in [2.05, 4.69) is 39.8 Å². The second kappa shape index (κ2) is 10.3. The molecular formula is C21H25N7S2. The van der Waals surface area contributed by atoms with Crippen molar-refractivity contribution in [3.8, 4) is 6.07 Å². The van der Waals surface area contributed by atoms with Gasteiger partial charge in [0.15, 0.2) is 5.13 Å². The lowest BCUT2D eigenvalue weighted by Crippen LogP contribution is -2.46. The summed E-state index contributed by atoms with van der Waals surface area (Å²) in [5.41, 5.74) is 7.40. The van der Waals surface area contributed by atoms with Crippen LogP contribution in [0, 0.1) is 11.3 Å². The first-order valence-electron chi connectivity index (χ1n) is 9.48. The lowest BCUT2D eigenvalue weighted by atomic mass is 10.3. The molecule has 1 aliphatic heterocycles. The molecule has 2 aromatic rings. The minimum Gasteiger partial charge on any atom is -0.399 e. The van der Waals surface area contributed by atoms with Crippen molar-refractivity contribution >= 4 is 39.8 Å². The monoisotopic (exact) mass is 439 g/mol. The highest BCUT2D eigenvalue weighted by atomic mass is 32.2. The molecule has 1 saturated heterocycles. The van der Waals surface area contributed by atoms with Crippen molar-refractivity contribution in [3.63, 3.8) is 0 Å². The Morgan fingerprint density at radius 2 is 2.03 bits per heavy atom. The van der Waals surface area contributed by atoms with E-state index in [0.717, 1.165) is 48.3 Å². The zero-order valence-corrected chi connectivity index (χ0v) is 18.8. The fourth-order valence-electron chi connectivity index (χ4n) is 2.83. The molecule has 1 fully saturated rings. The van der Waals surface area contributed by atoms with Crippen LogP contribution in [-0.4, -0.2) is 53.8 Å². The van der Waals surface area contributed by atoms with Crippen LogP contribution in [0.1, 0.15) is 11.8 Å². The number of nitrogens with zero attached hydrogens (tertiary/aromatic N) is 5. The minimum atomic E-state index is 0.575. The first kappa shape index (κ1) is 21.9. The highest BCUT2D eigenvalue weighted by molar-refractivity contribution is 8.03. The van der Waals surface area contributed by atoms with Crippen molar-refractivity contribution in [2.75, 3.05) is 44.3 Å². The molecule has 0 saturated carbocycles. The standard InChI is InChI=1S/C21H25N7S2/c1-15(25-21-24-14-19(13-22)30-21)12-20(28-10-8-27(3)9-11-28)26-16(2)29-18-6-4-17(23)5-7-18/h4-7,12,14H,2,8-11,23H2,1,3H3,(H,24,25)/b15-12+,26-20+. The van der Waals surface area contributed by atoms with Crippen LogP contribution in [-0.2, 0) is 0 Å². The van der Waals surface area contributed by atoms with Gasteiger partial charge in [0.25, 0.3) is 0 Å². The summed E-state index contributed by atoms with van der Waals surface area (Å²) in [6.45, 7) is 9.86. The molecule has 7 nitrogen and oxygen atoms in total. The molecule has 1 aromatic carbocycles. The lowest BCUT2D eigenvalue weighted by Gasteiger charge is -2.34. The third-order valence-electron chi connectivity index (χ3n) is 4.45. The maximum Gasteiger partial charge on any atom is 0.188 e. The Balaban J connectivity index is 1.78. The van der Waals surface area contributed by atoms with Crippen LogP contribution in [0.15, 0.2) is 63.7 Å². The number of hydrogen-bond acceptors (Lipinski definition) is 8. The Kier molecular flexibility index (Phi) is 7.52. The number of anilines is 2. The molecule has 0 bridgehead atoms. The number of aromatic nitrogens is 1. The molecule has 1 aliphatic rings. The van der Waals surface area contributed by atoms with E-state index >= 15 is 0 Å². The summed E-state index contributed by atoms with van der Waals surface area (Å²) in [7, 11) is 2.13.